The summed E-state index contributed by atoms with van der Waals surface area (Å²) in [7, 11) is 0. The molecule has 72 valence electrons. The van der Waals surface area contributed by atoms with Crippen LogP contribution in [0, 0.1) is 11.3 Å². The quantitative estimate of drug-likeness (QED) is 0.587. The molecule has 0 bridgehead atoms. The molecule has 0 radical (unpaired) electrons. The molecule has 3 amide bonds. The summed E-state index contributed by atoms with van der Waals surface area (Å²) in [5, 5.41) is 4.72. The number of hydrogen-bond donors (Lipinski definition) is 2. The van der Waals surface area contributed by atoms with Crippen LogP contribution in [0.2, 0.25) is 0 Å². The summed E-state index contributed by atoms with van der Waals surface area (Å²) in [6, 6.07) is -0.490. The molecule has 1 aliphatic heterocycles. The molecule has 1 atom stereocenters. The first-order chi connectivity index (χ1) is 5.82. The highest BCUT2D eigenvalue weighted by molar-refractivity contribution is 6.00. The van der Waals surface area contributed by atoms with Gasteiger partial charge in [0.1, 0.15) is 0 Å². The van der Waals surface area contributed by atoms with Crippen molar-refractivity contribution in [2.24, 2.45) is 11.3 Å². The lowest BCUT2D eigenvalue weighted by atomic mass is 9.77. The Kier molecular flexibility index (Phi) is 2.15. The van der Waals surface area contributed by atoms with Crippen LogP contribution in [0.4, 0.5) is 4.79 Å². The summed E-state index contributed by atoms with van der Waals surface area (Å²) < 4.78 is 0. The molecule has 2 N–H and O–H groups in total. The summed E-state index contributed by atoms with van der Waals surface area (Å²) in [6.07, 6.45) is 0. The van der Waals surface area contributed by atoms with Gasteiger partial charge in [-0.15, -0.1) is 0 Å². The van der Waals surface area contributed by atoms with Crippen molar-refractivity contribution in [2.45, 2.75) is 20.8 Å². The molecule has 1 rings (SSSR count). The van der Waals surface area contributed by atoms with E-state index in [1.54, 1.807) is 0 Å². The third-order valence-electron chi connectivity index (χ3n) is 1.99. The minimum atomic E-state index is -0.490. The van der Waals surface area contributed by atoms with Gasteiger partial charge in [-0.05, 0) is 5.41 Å². The Morgan fingerprint density at radius 1 is 1.23 bits per heavy atom. The highest BCUT2D eigenvalue weighted by Gasteiger charge is 2.38. The summed E-state index contributed by atoms with van der Waals surface area (Å²) in [6.45, 7) is 9.46. The van der Waals surface area contributed by atoms with E-state index in [0.717, 1.165) is 0 Å². The van der Waals surface area contributed by atoms with Crippen LogP contribution in [-0.4, -0.2) is 11.9 Å². The van der Waals surface area contributed by atoms with E-state index in [4.69, 9.17) is 0 Å². The smallest absolute Gasteiger partial charge is 0.311 e. The Labute approximate surface area is 77.4 Å². The van der Waals surface area contributed by atoms with Crippen LogP contribution in [0.1, 0.15) is 20.8 Å². The summed E-state index contributed by atoms with van der Waals surface area (Å²) >= 11 is 0. The van der Waals surface area contributed by atoms with Crippen LogP contribution in [-0.2, 0) is 4.79 Å². The van der Waals surface area contributed by atoms with E-state index in [1.165, 1.54) is 0 Å². The van der Waals surface area contributed by atoms with Gasteiger partial charge < -0.3 is 5.32 Å². The maximum absolute atomic E-state index is 11.4. The standard InChI is InChI=1S/C9H14N2O2/c1-5-6(9(2,3)4)7(12)11-8(13)10-5/h6H,1H2,2-4H3,(H2,10,11,12,13). The number of rotatable bonds is 0. The fraction of sp³-hybridized carbons (Fsp3) is 0.556. The molecule has 0 spiro atoms. The Morgan fingerprint density at radius 2 is 1.77 bits per heavy atom. The van der Waals surface area contributed by atoms with Gasteiger partial charge >= 0.3 is 6.03 Å². The first kappa shape index (κ1) is 9.77. The summed E-state index contributed by atoms with van der Waals surface area (Å²) in [5.41, 5.74) is 0.246. The molecule has 4 heteroatoms. The van der Waals surface area contributed by atoms with Crippen molar-refractivity contribution in [2.75, 3.05) is 0 Å². The van der Waals surface area contributed by atoms with Crippen molar-refractivity contribution in [3.63, 3.8) is 0 Å². The van der Waals surface area contributed by atoms with Gasteiger partial charge in [0.25, 0.3) is 0 Å². The molecule has 1 aliphatic rings. The van der Waals surface area contributed by atoms with Gasteiger partial charge in [-0.2, -0.15) is 0 Å². The molecule has 1 unspecified atom stereocenters. The largest absolute Gasteiger partial charge is 0.325 e. The van der Waals surface area contributed by atoms with Crippen LogP contribution >= 0.6 is 0 Å². The van der Waals surface area contributed by atoms with Gasteiger partial charge in [0.2, 0.25) is 5.91 Å². The number of imide groups is 1. The van der Waals surface area contributed by atoms with E-state index in [1.807, 2.05) is 20.8 Å². The Bertz CT molecular complexity index is 256. The van der Waals surface area contributed by atoms with Crippen molar-refractivity contribution in [1.29, 1.82) is 0 Å². The normalized spacial score (nSPS) is 23.9. The van der Waals surface area contributed by atoms with Crippen LogP contribution in [0.15, 0.2) is 12.3 Å². The molecule has 0 aromatic carbocycles. The Hall–Kier alpha value is -1.32. The topological polar surface area (TPSA) is 58.2 Å². The first-order valence-corrected chi connectivity index (χ1v) is 4.13. The highest BCUT2D eigenvalue weighted by Crippen LogP contribution is 2.31. The maximum atomic E-state index is 11.4. The van der Waals surface area contributed by atoms with Gasteiger partial charge in [0.05, 0.1) is 5.92 Å². The van der Waals surface area contributed by atoms with E-state index in [2.05, 4.69) is 17.2 Å². The second-order valence-corrected chi connectivity index (χ2v) is 4.27. The van der Waals surface area contributed by atoms with Gasteiger partial charge in [-0.1, -0.05) is 27.4 Å². The average Bonchev–Trinajstić information content (AvgIpc) is 1.78. The van der Waals surface area contributed by atoms with E-state index in [-0.39, 0.29) is 17.2 Å². The van der Waals surface area contributed by atoms with Gasteiger partial charge in [-0.25, -0.2) is 4.79 Å². The number of nitrogens with one attached hydrogen (secondary N) is 2. The minimum absolute atomic E-state index is 0.227. The number of amides is 3. The predicted octanol–water partition coefficient (Wildman–Crippen LogP) is 1.00. The molecule has 0 saturated carbocycles. The lowest BCUT2D eigenvalue weighted by Gasteiger charge is -2.34. The van der Waals surface area contributed by atoms with Crippen molar-refractivity contribution >= 4 is 11.9 Å². The predicted molar refractivity (Wildman–Crippen MR) is 48.8 cm³/mol. The second-order valence-electron chi connectivity index (χ2n) is 4.27. The SMILES string of the molecule is C=C1NC(=O)NC(=O)C1C(C)(C)C. The lowest BCUT2D eigenvalue weighted by Crippen LogP contribution is -2.53. The van der Waals surface area contributed by atoms with Crippen molar-refractivity contribution in [3.05, 3.63) is 12.3 Å². The second kappa shape index (κ2) is 2.87. The molecule has 13 heavy (non-hydrogen) atoms. The third kappa shape index (κ3) is 1.88. The monoisotopic (exact) mass is 182 g/mol. The van der Waals surface area contributed by atoms with E-state index < -0.39 is 6.03 Å². The van der Waals surface area contributed by atoms with Crippen molar-refractivity contribution in [3.8, 4) is 0 Å². The van der Waals surface area contributed by atoms with Crippen molar-refractivity contribution < 1.29 is 9.59 Å². The molecular weight excluding hydrogens is 168 g/mol. The van der Waals surface area contributed by atoms with Crippen LogP contribution in [0.5, 0.6) is 0 Å². The fourth-order valence-corrected chi connectivity index (χ4v) is 1.51. The van der Waals surface area contributed by atoms with Gasteiger partial charge in [0.15, 0.2) is 0 Å². The molecule has 1 heterocycles. The minimum Gasteiger partial charge on any atom is -0.311 e. The molecule has 1 fully saturated rings. The molecular formula is C9H14N2O2. The lowest BCUT2D eigenvalue weighted by molar-refractivity contribution is -0.126. The zero-order valence-electron chi connectivity index (χ0n) is 8.10. The third-order valence-corrected chi connectivity index (χ3v) is 1.99. The Balaban J connectivity index is 2.92. The van der Waals surface area contributed by atoms with E-state index in [0.29, 0.717) is 5.70 Å². The molecule has 4 nitrogen and oxygen atoms in total. The summed E-state index contributed by atoms with van der Waals surface area (Å²) in [5.74, 6) is -0.633. The first-order valence-electron chi connectivity index (χ1n) is 4.13. The zero-order valence-corrected chi connectivity index (χ0v) is 8.10. The van der Waals surface area contributed by atoms with Crippen LogP contribution < -0.4 is 10.6 Å². The number of carbonyl (C=O) groups is 2. The van der Waals surface area contributed by atoms with Crippen LogP contribution in [0.3, 0.4) is 0 Å². The zero-order chi connectivity index (χ0) is 10.2. The summed E-state index contributed by atoms with van der Waals surface area (Å²) in [4.78, 5) is 22.3. The average molecular weight is 182 g/mol. The molecule has 1 saturated heterocycles. The van der Waals surface area contributed by atoms with E-state index >= 15 is 0 Å². The highest BCUT2D eigenvalue weighted by atomic mass is 16.2. The van der Waals surface area contributed by atoms with E-state index in [9.17, 15) is 9.59 Å². The maximum Gasteiger partial charge on any atom is 0.325 e. The van der Waals surface area contributed by atoms with Gasteiger partial charge in [0, 0.05) is 5.70 Å². The number of carbonyl (C=O) groups excluding carboxylic acids is 2. The fourth-order valence-electron chi connectivity index (χ4n) is 1.51. The molecule has 0 aliphatic carbocycles. The van der Waals surface area contributed by atoms with Crippen LogP contribution in [0.25, 0.3) is 0 Å². The van der Waals surface area contributed by atoms with Crippen molar-refractivity contribution in [1.82, 2.24) is 10.6 Å². The number of urea groups is 1. The molecule has 0 aromatic heterocycles. The molecule has 0 aromatic rings. The Morgan fingerprint density at radius 3 is 2.15 bits per heavy atom. The number of hydrogen-bond acceptors (Lipinski definition) is 2. The van der Waals surface area contributed by atoms with Gasteiger partial charge in [-0.3, -0.25) is 10.1 Å².